The normalized spacial score (nSPS) is 15.8. The molecule has 1 heterocycles. The summed E-state index contributed by atoms with van der Waals surface area (Å²) in [6.45, 7) is 1.06. The molecule has 20 heavy (non-hydrogen) atoms. The van der Waals surface area contributed by atoms with Crippen molar-refractivity contribution in [3.8, 4) is 0 Å². The van der Waals surface area contributed by atoms with E-state index < -0.39 is 0 Å². The first-order valence-electron chi connectivity index (χ1n) is 6.42. The van der Waals surface area contributed by atoms with Crippen LogP contribution >= 0.6 is 11.6 Å². The van der Waals surface area contributed by atoms with Crippen molar-refractivity contribution in [3.05, 3.63) is 29.3 Å². The quantitative estimate of drug-likeness (QED) is 0.440. The third-order valence-electron chi connectivity index (χ3n) is 3.37. The first kappa shape index (κ1) is 14.6. The lowest BCUT2D eigenvalue weighted by atomic mass is 9.96. The zero-order valence-corrected chi connectivity index (χ0v) is 11.7. The maximum Gasteiger partial charge on any atom is 0.321 e. The maximum atomic E-state index is 12.1. The van der Waals surface area contributed by atoms with Crippen LogP contribution < -0.4 is 16.6 Å². The maximum absolute atomic E-state index is 12.1. The second kappa shape index (κ2) is 6.58. The number of nitrogens with one attached hydrogen (secondary N) is 2. The monoisotopic (exact) mass is 296 g/mol. The van der Waals surface area contributed by atoms with E-state index >= 15 is 0 Å². The molecular formula is C13H17ClN4O2. The molecule has 6 nitrogen and oxygen atoms in total. The van der Waals surface area contributed by atoms with Gasteiger partial charge in [-0.15, -0.1) is 0 Å². The highest BCUT2D eigenvalue weighted by atomic mass is 35.5. The molecule has 0 unspecified atom stereocenters. The number of hydrogen-bond acceptors (Lipinski definition) is 3. The third-order valence-corrected chi connectivity index (χ3v) is 3.61. The van der Waals surface area contributed by atoms with E-state index in [0.717, 1.165) is 0 Å². The highest BCUT2D eigenvalue weighted by Crippen LogP contribution is 2.19. The van der Waals surface area contributed by atoms with E-state index in [2.05, 4.69) is 10.7 Å². The van der Waals surface area contributed by atoms with Crippen LogP contribution in [-0.2, 0) is 4.79 Å². The molecule has 2 rings (SSSR count). The third kappa shape index (κ3) is 3.61. The summed E-state index contributed by atoms with van der Waals surface area (Å²) in [6, 6.07) is 6.80. The van der Waals surface area contributed by atoms with Gasteiger partial charge in [0.2, 0.25) is 5.91 Å². The number of hydrazine groups is 1. The number of carbonyl (C=O) groups is 2. The number of carbonyl (C=O) groups excluding carboxylic acids is 2. The average Bonchev–Trinajstić information content (AvgIpc) is 2.46. The van der Waals surface area contributed by atoms with Gasteiger partial charge >= 0.3 is 6.03 Å². The zero-order chi connectivity index (χ0) is 14.5. The van der Waals surface area contributed by atoms with Gasteiger partial charge in [-0.3, -0.25) is 10.2 Å². The Labute approximate surface area is 122 Å². The smallest absolute Gasteiger partial charge is 0.321 e. The van der Waals surface area contributed by atoms with Gasteiger partial charge in [-0.25, -0.2) is 10.6 Å². The van der Waals surface area contributed by atoms with Crippen molar-refractivity contribution in [1.82, 2.24) is 10.3 Å². The van der Waals surface area contributed by atoms with Gasteiger partial charge in [-0.2, -0.15) is 0 Å². The van der Waals surface area contributed by atoms with Gasteiger partial charge in [0.25, 0.3) is 0 Å². The highest BCUT2D eigenvalue weighted by Gasteiger charge is 2.26. The molecule has 0 spiro atoms. The van der Waals surface area contributed by atoms with Crippen LogP contribution in [0.3, 0.4) is 0 Å². The molecule has 1 aliphatic rings. The summed E-state index contributed by atoms with van der Waals surface area (Å²) in [7, 11) is 0. The fourth-order valence-corrected chi connectivity index (χ4v) is 2.42. The lowest BCUT2D eigenvalue weighted by Crippen LogP contribution is -2.45. The Balaban J connectivity index is 1.87. The Morgan fingerprint density at radius 3 is 2.60 bits per heavy atom. The number of anilines is 1. The molecule has 7 heteroatoms. The number of nitrogens with zero attached hydrogens (tertiary/aromatic N) is 1. The number of nitrogens with two attached hydrogens (primary N) is 1. The van der Waals surface area contributed by atoms with E-state index in [-0.39, 0.29) is 17.9 Å². The van der Waals surface area contributed by atoms with Crippen LogP contribution in [0.25, 0.3) is 0 Å². The summed E-state index contributed by atoms with van der Waals surface area (Å²) in [5, 5.41) is 3.36. The van der Waals surface area contributed by atoms with Crippen molar-refractivity contribution in [2.45, 2.75) is 12.8 Å². The number of halogens is 1. The van der Waals surface area contributed by atoms with E-state index in [1.54, 1.807) is 29.2 Å². The molecule has 0 radical (unpaired) electrons. The molecule has 0 aromatic heterocycles. The fourth-order valence-electron chi connectivity index (χ4n) is 2.23. The lowest BCUT2D eigenvalue weighted by Gasteiger charge is -2.31. The molecule has 1 aliphatic heterocycles. The summed E-state index contributed by atoms with van der Waals surface area (Å²) >= 11 is 5.86. The van der Waals surface area contributed by atoms with Crippen LogP contribution in [0.1, 0.15) is 12.8 Å². The predicted octanol–water partition coefficient (Wildman–Crippen LogP) is 1.57. The molecule has 0 atom stereocenters. The highest BCUT2D eigenvalue weighted by molar-refractivity contribution is 6.30. The second-order valence-electron chi connectivity index (χ2n) is 4.71. The first-order chi connectivity index (χ1) is 9.60. The molecule has 0 bridgehead atoms. The Morgan fingerprint density at radius 1 is 1.30 bits per heavy atom. The molecule has 3 amide bonds. The molecule has 0 saturated carbocycles. The van der Waals surface area contributed by atoms with Crippen molar-refractivity contribution < 1.29 is 9.59 Å². The minimum atomic E-state index is -0.182. The first-order valence-corrected chi connectivity index (χ1v) is 6.80. The molecule has 1 aromatic rings. The number of benzene rings is 1. The van der Waals surface area contributed by atoms with Gasteiger partial charge in [0.05, 0.1) is 0 Å². The molecular weight excluding hydrogens is 280 g/mol. The minimum absolute atomic E-state index is 0.116. The van der Waals surface area contributed by atoms with Gasteiger partial charge < -0.3 is 10.2 Å². The van der Waals surface area contributed by atoms with E-state index in [1.807, 2.05) is 0 Å². The molecule has 0 aliphatic carbocycles. The van der Waals surface area contributed by atoms with E-state index in [9.17, 15) is 9.59 Å². The van der Waals surface area contributed by atoms with Gasteiger partial charge in [0, 0.05) is 29.7 Å². The summed E-state index contributed by atoms with van der Waals surface area (Å²) in [5.41, 5.74) is 2.81. The van der Waals surface area contributed by atoms with Crippen LogP contribution in [-0.4, -0.2) is 29.9 Å². The molecule has 1 aromatic carbocycles. The molecule has 1 fully saturated rings. The van der Waals surface area contributed by atoms with Crippen molar-refractivity contribution in [3.63, 3.8) is 0 Å². The standard InChI is InChI=1S/C13H17ClN4O2/c14-10-2-1-3-11(8-10)16-13(20)18-6-4-9(5-7-18)12(19)17-15/h1-3,8-9H,4-7,15H2,(H,16,20)(H,17,19). The van der Waals surface area contributed by atoms with Crippen molar-refractivity contribution in [2.24, 2.45) is 11.8 Å². The Bertz CT molecular complexity index is 501. The zero-order valence-electron chi connectivity index (χ0n) is 10.9. The Kier molecular flexibility index (Phi) is 4.81. The number of urea groups is 1. The van der Waals surface area contributed by atoms with Crippen molar-refractivity contribution in [1.29, 1.82) is 0 Å². The minimum Gasteiger partial charge on any atom is -0.324 e. The van der Waals surface area contributed by atoms with Gasteiger partial charge in [0.15, 0.2) is 0 Å². The number of hydrogen-bond donors (Lipinski definition) is 3. The van der Waals surface area contributed by atoms with Crippen LogP contribution in [0.4, 0.5) is 10.5 Å². The second-order valence-corrected chi connectivity index (χ2v) is 5.15. The van der Waals surface area contributed by atoms with E-state index in [4.69, 9.17) is 17.4 Å². The number of rotatable bonds is 2. The summed E-state index contributed by atoms with van der Waals surface area (Å²) in [4.78, 5) is 25.2. The van der Waals surface area contributed by atoms with Gasteiger partial charge in [-0.05, 0) is 31.0 Å². The van der Waals surface area contributed by atoms with E-state index in [1.165, 1.54) is 0 Å². The average molecular weight is 297 g/mol. The molecule has 1 saturated heterocycles. The number of amides is 3. The topological polar surface area (TPSA) is 87.5 Å². The molecule has 108 valence electrons. The number of piperidine rings is 1. The SMILES string of the molecule is NNC(=O)C1CCN(C(=O)Nc2cccc(Cl)c2)CC1. The largest absolute Gasteiger partial charge is 0.324 e. The van der Waals surface area contributed by atoms with Gasteiger partial charge in [0.1, 0.15) is 0 Å². The van der Waals surface area contributed by atoms with Crippen molar-refractivity contribution >= 4 is 29.2 Å². The lowest BCUT2D eigenvalue weighted by molar-refractivity contribution is -0.126. The van der Waals surface area contributed by atoms with Gasteiger partial charge in [-0.1, -0.05) is 17.7 Å². The van der Waals surface area contributed by atoms with Crippen LogP contribution in [0.5, 0.6) is 0 Å². The van der Waals surface area contributed by atoms with Crippen molar-refractivity contribution in [2.75, 3.05) is 18.4 Å². The van der Waals surface area contributed by atoms with Crippen LogP contribution in [0.2, 0.25) is 5.02 Å². The van der Waals surface area contributed by atoms with Crippen LogP contribution in [0.15, 0.2) is 24.3 Å². The number of likely N-dealkylation sites (tertiary alicyclic amines) is 1. The summed E-state index contributed by atoms with van der Waals surface area (Å²) in [6.07, 6.45) is 1.23. The summed E-state index contributed by atoms with van der Waals surface area (Å²) < 4.78 is 0. The molecule has 4 N–H and O–H groups in total. The predicted molar refractivity (Wildman–Crippen MR) is 77.1 cm³/mol. The Hall–Kier alpha value is -1.79. The van der Waals surface area contributed by atoms with Crippen LogP contribution in [0, 0.1) is 5.92 Å². The van der Waals surface area contributed by atoms with E-state index in [0.29, 0.717) is 36.6 Å². The fraction of sp³-hybridized carbons (Fsp3) is 0.385. The Morgan fingerprint density at radius 2 is 2.00 bits per heavy atom. The summed E-state index contributed by atoms with van der Waals surface area (Å²) in [5.74, 6) is 4.83.